The van der Waals surface area contributed by atoms with Gasteiger partial charge in [-0.05, 0) is 38.1 Å². The summed E-state index contributed by atoms with van der Waals surface area (Å²) in [6, 6.07) is 7.19. The van der Waals surface area contributed by atoms with Crippen LogP contribution in [0.15, 0.2) is 24.3 Å². The number of hydrogen-bond acceptors (Lipinski definition) is 7. The average molecular weight is 293 g/mol. The summed E-state index contributed by atoms with van der Waals surface area (Å²) in [6.07, 6.45) is -0.142. The normalized spacial score (nSPS) is 10.6. The van der Waals surface area contributed by atoms with Crippen LogP contribution in [0.5, 0.6) is 5.75 Å². The predicted molar refractivity (Wildman–Crippen MR) is 76.5 cm³/mol. The van der Waals surface area contributed by atoms with E-state index in [0.29, 0.717) is 10.9 Å². The van der Waals surface area contributed by atoms with Crippen molar-refractivity contribution in [3.05, 3.63) is 24.3 Å². The van der Waals surface area contributed by atoms with Crippen molar-refractivity contribution in [2.75, 3.05) is 12.3 Å². The molecule has 0 atom stereocenters. The predicted octanol–water partition coefficient (Wildman–Crippen LogP) is 2.12. The molecule has 6 nitrogen and oxygen atoms in total. The highest BCUT2D eigenvalue weighted by Crippen LogP contribution is 2.26. The fourth-order valence-electron chi connectivity index (χ4n) is 1.48. The van der Waals surface area contributed by atoms with Crippen molar-refractivity contribution in [2.24, 2.45) is 0 Å². The lowest BCUT2D eigenvalue weighted by molar-refractivity contribution is -0.149. The molecule has 2 N–H and O–H groups in total. The first-order valence-corrected chi connectivity index (χ1v) is 6.88. The van der Waals surface area contributed by atoms with Crippen molar-refractivity contribution in [1.29, 1.82) is 0 Å². The number of nitrogens with zero attached hydrogens (tertiary/aromatic N) is 2. The molecule has 1 aromatic heterocycles. The first-order valence-electron chi connectivity index (χ1n) is 6.06. The number of aromatic nitrogens is 2. The topological polar surface area (TPSA) is 87.3 Å². The maximum Gasteiger partial charge on any atom is 0.344 e. The van der Waals surface area contributed by atoms with Crippen molar-refractivity contribution in [3.8, 4) is 16.3 Å². The molecule has 0 bridgehead atoms. The largest absolute Gasteiger partial charge is 0.482 e. The van der Waals surface area contributed by atoms with Gasteiger partial charge >= 0.3 is 5.97 Å². The molecule has 0 spiro atoms. The van der Waals surface area contributed by atoms with Crippen LogP contribution in [0.25, 0.3) is 10.6 Å². The van der Waals surface area contributed by atoms with E-state index in [1.807, 2.05) is 12.1 Å². The van der Waals surface area contributed by atoms with Crippen LogP contribution in [0.2, 0.25) is 0 Å². The van der Waals surface area contributed by atoms with E-state index in [2.05, 4.69) is 10.2 Å². The second-order valence-corrected chi connectivity index (χ2v) is 5.31. The molecule has 0 aliphatic rings. The second-order valence-electron chi connectivity index (χ2n) is 4.30. The summed E-state index contributed by atoms with van der Waals surface area (Å²) in [5.41, 5.74) is 6.43. The summed E-state index contributed by atoms with van der Waals surface area (Å²) >= 11 is 1.31. The minimum Gasteiger partial charge on any atom is -0.482 e. The molecule has 0 aliphatic heterocycles. The van der Waals surface area contributed by atoms with Crippen LogP contribution in [-0.2, 0) is 9.53 Å². The molecule has 2 rings (SSSR count). The zero-order chi connectivity index (χ0) is 14.5. The lowest BCUT2D eigenvalue weighted by Gasteiger charge is -2.09. The number of anilines is 1. The molecule has 106 valence electrons. The molecule has 1 heterocycles. The summed E-state index contributed by atoms with van der Waals surface area (Å²) in [6.45, 7) is 3.48. The van der Waals surface area contributed by atoms with Crippen LogP contribution in [0, 0.1) is 0 Å². The number of carbonyl (C=O) groups excluding carboxylic acids is 1. The second kappa shape index (κ2) is 6.33. The molecular formula is C13H15N3O3S. The third kappa shape index (κ3) is 3.92. The van der Waals surface area contributed by atoms with Gasteiger partial charge in [0.05, 0.1) is 6.10 Å². The van der Waals surface area contributed by atoms with Crippen LogP contribution >= 0.6 is 11.3 Å². The molecule has 1 aromatic carbocycles. The standard InChI is InChI=1S/C13H15N3O3S/c1-8(2)19-11(17)7-18-10-5-3-9(4-6-10)12-15-16-13(14)20-12/h3-6,8H,7H2,1-2H3,(H2,14,16). The van der Waals surface area contributed by atoms with Crippen molar-refractivity contribution in [1.82, 2.24) is 10.2 Å². The number of nitrogen functional groups attached to an aromatic ring is 1. The first kappa shape index (κ1) is 14.3. The fourth-order valence-corrected chi connectivity index (χ4v) is 2.10. The van der Waals surface area contributed by atoms with Gasteiger partial charge in [-0.3, -0.25) is 0 Å². The lowest BCUT2D eigenvalue weighted by atomic mass is 10.2. The molecule has 2 aromatic rings. The van der Waals surface area contributed by atoms with E-state index in [9.17, 15) is 4.79 Å². The van der Waals surface area contributed by atoms with E-state index in [4.69, 9.17) is 15.2 Å². The quantitative estimate of drug-likeness (QED) is 0.850. The van der Waals surface area contributed by atoms with Gasteiger partial charge in [0.25, 0.3) is 0 Å². The molecular weight excluding hydrogens is 278 g/mol. The summed E-state index contributed by atoms with van der Waals surface area (Å²) in [5.74, 6) is 0.202. The Bertz CT molecular complexity index is 581. The summed E-state index contributed by atoms with van der Waals surface area (Å²) in [4.78, 5) is 11.3. The van der Waals surface area contributed by atoms with E-state index in [1.165, 1.54) is 11.3 Å². The van der Waals surface area contributed by atoms with Crippen molar-refractivity contribution in [3.63, 3.8) is 0 Å². The number of nitrogens with two attached hydrogens (primary N) is 1. The highest BCUT2D eigenvalue weighted by Gasteiger charge is 2.08. The van der Waals surface area contributed by atoms with E-state index >= 15 is 0 Å². The monoisotopic (exact) mass is 293 g/mol. The van der Waals surface area contributed by atoms with Gasteiger partial charge in [-0.25, -0.2) is 4.79 Å². The van der Waals surface area contributed by atoms with Gasteiger partial charge in [-0.1, -0.05) is 11.3 Å². The average Bonchev–Trinajstić information content (AvgIpc) is 2.83. The highest BCUT2D eigenvalue weighted by molar-refractivity contribution is 7.18. The third-order valence-electron chi connectivity index (χ3n) is 2.27. The molecule has 0 radical (unpaired) electrons. The minimum absolute atomic E-state index is 0.108. The van der Waals surface area contributed by atoms with Gasteiger partial charge in [0.1, 0.15) is 10.8 Å². The maximum absolute atomic E-state index is 11.3. The van der Waals surface area contributed by atoms with Crippen molar-refractivity contribution in [2.45, 2.75) is 20.0 Å². The third-order valence-corrected chi connectivity index (χ3v) is 3.07. The number of esters is 1. The van der Waals surface area contributed by atoms with Crippen molar-refractivity contribution >= 4 is 22.4 Å². The Balaban J connectivity index is 1.93. The lowest BCUT2D eigenvalue weighted by Crippen LogP contribution is -2.18. The van der Waals surface area contributed by atoms with E-state index in [0.717, 1.165) is 10.6 Å². The summed E-state index contributed by atoms with van der Waals surface area (Å²) in [7, 11) is 0. The Kier molecular flexibility index (Phi) is 4.52. The summed E-state index contributed by atoms with van der Waals surface area (Å²) in [5, 5.41) is 8.88. The van der Waals surface area contributed by atoms with E-state index in [1.54, 1.807) is 26.0 Å². The SMILES string of the molecule is CC(C)OC(=O)COc1ccc(-c2nnc(N)s2)cc1. The van der Waals surface area contributed by atoms with Gasteiger partial charge < -0.3 is 15.2 Å². The Morgan fingerprint density at radius 3 is 2.55 bits per heavy atom. The number of ether oxygens (including phenoxy) is 2. The molecule has 0 amide bonds. The maximum atomic E-state index is 11.3. The van der Waals surface area contributed by atoms with Crippen LogP contribution in [0.1, 0.15) is 13.8 Å². The van der Waals surface area contributed by atoms with E-state index in [-0.39, 0.29) is 18.7 Å². The zero-order valence-corrected chi connectivity index (χ0v) is 12.0. The van der Waals surface area contributed by atoms with Gasteiger partial charge in [0.15, 0.2) is 6.61 Å². The highest BCUT2D eigenvalue weighted by atomic mass is 32.1. The van der Waals surface area contributed by atoms with Crippen molar-refractivity contribution < 1.29 is 14.3 Å². The van der Waals surface area contributed by atoms with Crippen LogP contribution < -0.4 is 10.5 Å². The number of hydrogen-bond donors (Lipinski definition) is 1. The van der Waals surface area contributed by atoms with Gasteiger partial charge in [-0.2, -0.15) is 0 Å². The summed E-state index contributed by atoms with van der Waals surface area (Å²) < 4.78 is 10.3. The molecule has 0 unspecified atom stereocenters. The molecule has 0 aliphatic carbocycles. The fraction of sp³-hybridized carbons (Fsp3) is 0.308. The first-order chi connectivity index (χ1) is 9.54. The number of carbonyl (C=O) groups is 1. The Labute approximate surface area is 120 Å². The Hall–Kier alpha value is -2.15. The zero-order valence-electron chi connectivity index (χ0n) is 11.2. The van der Waals surface area contributed by atoms with Gasteiger partial charge in [0, 0.05) is 5.56 Å². The minimum atomic E-state index is -0.388. The van der Waals surface area contributed by atoms with Crippen LogP contribution in [-0.4, -0.2) is 28.9 Å². The smallest absolute Gasteiger partial charge is 0.344 e. The molecule has 0 saturated carbocycles. The molecule has 20 heavy (non-hydrogen) atoms. The number of rotatable bonds is 5. The Morgan fingerprint density at radius 2 is 2.00 bits per heavy atom. The molecule has 0 saturated heterocycles. The van der Waals surface area contributed by atoms with Crippen LogP contribution in [0.4, 0.5) is 5.13 Å². The van der Waals surface area contributed by atoms with Gasteiger partial charge in [-0.15, -0.1) is 10.2 Å². The van der Waals surface area contributed by atoms with Crippen LogP contribution in [0.3, 0.4) is 0 Å². The van der Waals surface area contributed by atoms with E-state index < -0.39 is 0 Å². The molecule has 7 heteroatoms. The molecule has 0 fully saturated rings. The Morgan fingerprint density at radius 1 is 1.30 bits per heavy atom. The number of benzene rings is 1. The van der Waals surface area contributed by atoms with Gasteiger partial charge in [0.2, 0.25) is 5.13 Å².